The molecule has 2 aromatic rings. The molecule has 3 heterocycles. The topological polar surface area (TPSA) is 87.3 Å². The quantitative estimate of drug-likeness (QED) is 0.872. The third-order valence-electron chi connectivity index (χ3n) is 5.28. The fourth-order valence-electron chi connectivity index (χ4n) is 3.95. The maximum Gasteiger partial charge on any atom is 0.321 e. The van der Waals surface area contributed by atoms with Gasteiger partial charge in [-0.2, -0.15) is 0 Å². The van der Waals surface area contributed by atoms with Crippen molar-refractivity contribution in [1.29, 1.82) is 0 Å². The van der Waals surface area contributed by atoms with Crippen LogP contribution in [0, 0.1) is 5.41 Å². The molecule has 2 aliphatic rings. The van der Waals surface area contributed by atoms with Gasteiger partial charge in [-0.1, -0.05) is 19.1 Å². The second-order valence-electron chi connectivity index (χ2n) is 7.63. The molecular weight excluding hydrogens is 344 g/mol. The smallest absolute Gasteiger partial charge is 0.321 e. The molecule has 2 aliphatic heterocycles. The number of hydrogen-bond acceptors (Lipinski definition) is 4. The van der Waals surface area contributed by atoms with E-state index >= 15 is 0 Å². The van der Waals surface area contributed by atoms with Gasteiger partial charge in [-0.25, -0.2) is 9.78 Å². The molecule has 4 rings (SSSR count). The minimum Gasteiger partial charge on any atom is -0.378 e. The van der Waals surface area contributed by atoms with Crippen LogP contribution < -0.4 is 10.9 Å². The molecule has 1 aromatic heterocycles. The molecule has 27 heavy (non-hydrogen) atoms. The Morgan fingerprint density at radius 2 is 2.22 bits per heavy atom. The minimum atomic E-state index is -0.176. The summed E-state index contributed by atoms with van der Waals surface area (Å²) in [6.07, 6.45) is 1.98. The number of hydrogen-bond donors (Lipinski definition) is 2. The van der Waals surface area contributed by atoms with E-state index in [0.717, 1.165) is 37.4 Å². The van der Waals surface area contributed by atoms with E-state index in [9.17, 15) is 9.59 Å². The van der Waals surface area contributed by atoms with Gasteiger partial charge in [0.2, 0.25) is 0 Å². The first-order chi connectivity index (χ1) is 13.0. The van der Waals surface area contributed by atoms with Crippen molar-refractivity contribution in [2.24, 2.45) is 5.41 Å². The van der Waals surface area contributed by atoms with Crippen molar-refractivity contribution in [3.05, 3.63) is 46.4 Å². The standard InChI is InChI=1S/C20H24N4O3/c1-3-15-8-17(25)23-18(21-15)14-5-4-6-16(7-14)22-19(26)24-10-20(11-24)9-13(2)27-12-20/h4-8,13H,3,9-12H2,1-2H3,(H,22,26)(H,21,23,25). The largest absolute Gasteiger partial charge is 0.378 e. The number of rotatable bonds is 3. The molecule has 1 spiro atoms. The van der Waals surface area contributed by atoms with Crippen LogP contribution in [0.2, 0.25) is 0 Å². The lowest BCUT2D eigenvalue weighted by atomic mass is 9.78. The van der Waals surface area contributed by atoms with Gasteiger partial charge in [0.1, 0.15) is 5.82 Å². The van der Waals surface area contributed by atoms with Gasteiger partial charge in [0.25, 0.3) is 5.56 Å². The highest BCUT2D eigenvalue weighted by Crippen LogP contribution is 2.41. The second-order valence-corrected chi connectivity index (χ2v) is 7.63. The summed E-state index contributed by atoms with van der Waals surface area (Å²) < 4.78 is 5.66. The molecule has 1 aromatic carbocycles. The maximum absolute atomic E-state index is 12.5. The van der Waals surface area contributed by atoms with Crippen LogP contribution in [-0.2, 0) is 11.2 Å². The van der Waals surface area contributed by atoms with E-state index < -0.39 is 0 Å². The Labute approximate surface area is 157 Å². The summed E-state index contributed by atoms with van der Waals surface area (Å²) in [6.45, 7) is 6.24. The van der Waals surface area contributed by atoms with Crippen LogP contribution in [0.1, 0.15) is 26.0 Å². The predicted molar refractivity (Wildman–Crippen MR) is 103 cm³/mol. The molecule has 0 aliphatic carbocycles. The van der Waals surface area contributed by atoms with Gasteiger partial charge >= 0.3 is 6.03 Å². The van der Waals surface area contributed by atoms with Crippen LogP contribution in [0.3, 0.4) is 0 Å². The van der Waals surface area contributed by atoms with Crippen molar-refractivity contribution >= 4 is 11.7 Å². The number of anilines is 1. The summed E-state index contributed by atoms with van der Waals surface area (Å²) in [6, 6.07) is 8.76. The molecule has 0 bridgehead atoms. The van der Waals surface area contributed by atoms with Gasteiger partial charge < -0.3 is 19.9 Å². The minimum absolute atomic E-state index is 0.110. The first kappa shape index (κ1) is 17.7. The number of aryl methyl sites for hydroxylation is 1. The summed E-state index contributed by atoms with van der Waals surface area (Å²) >= 11 is 0. The monoisotopic (exact) mass is 368 g/mol. The Bertz CT molecular complexity index is 917. The molecule has 2 amide bonds. The average molecular weight is 368 g/mol. The molecule has 7 heteroatoms. The summed E-state index contributed by atoms with van der Waals surface area (Å²) in [4.78, 5) is 33.4. The zero-order chi connectivity index (χ0) is 19.0. The molecular formula is C20H24N4O3. The van der Waals surface area contributed by atoms with Crippen LogP contribution in [0.15, 0.2) is 35.1 Å². The van der Waals surface area contributed by atoms with Gasteiger partial charge in [-0.15, -0.1) is 0 Å². The van der Waals surface area contributed by atoms with Crippen LogP contribution in [-0.4, -0.2) is 46.7 Å². The summed E-state index contributed by atoms with van der Waals surface area (Å²) in [5.41, 5.74) is 2.15. The van der Waals surface area contributed by atoms with Crippen molar-refractivity contribution < 1.29 is 9.53 Å². The van der Waals surface area contributed by atoms with Gasteiger partial charge in [0.15, 0.2) is 0 Å². The van der Waals surface area contributed by atoms with Crippen LogP contribution in [0.4, 0.5) is 10.5 Å². The van der Waals surface area contributed by atoms with Crippen LogP contribution >= 0.6 is 0 Å². The lowest BCUT2D eigenvalue weighted by Gasteiger charge is -2.47. The fourth-order valence-corrected chi connectivity index (χ4v) is 3.95. The zero-order valence-electron chi connectivity index (χ0n) is 15.6. The molecule has 7 nitrogen and oxygen atoms in total. The third-order valence-corrected chi connectivity index (χ3v) is 5.28. The summed E-state index contributed by atoms with van der Waals surface area (Å²) in [7, 11) is 0. The molecule has 2 saturated heterocycles. The van der Waals surface area contributed by atoms with Crippen molar-refractivity contribution in [2.45, 2.75) is 32.8 Å². The van der Waals surface area contributed by atoms with E-state index in [4.69, 9.17) is 4.74 Å². The molecule has 1 atom stereocenters. The summed E-state index contributed by atoms with van der Waals surface area (Å²) in [5, 5.41) is 2.94. The number of nitrogens with zero attached hydrogens (tertiary/aromatic N) is 2. The number of benzene rings is 1. The number of nitrogens with one attached hydrogen (secondary N) is 2. The van der Waals surface area contributed by atoms with Gasteiger partial charge in [0, 0.05) is 41.5 Å². The highest BCUT2D eigenvalue weighted by atomic mass is 16.5. The number of ether oxygens (including phenoxy) is 1. The first-order valence-corrected chi connectivity index (χ1v) is 9.35. The predicted octanol–water partition coefficient (Wildman–Crippen LogP) is 2.64. The Kier molecular flexibility index (Phi) is 4.47. The first-order valence-electron chi connectivity index (χ1n) is 9.35. The molecule has 1 unspecified atom stereocenters. The van der Waals surface area contributed by atoms with E-state index in [-0.39, 0.29) is 23.1 Å². The van der Waals surface area contributed by atoms with E-state index in [0.29, 0.717) is 17.9 Å². The number of carbonyl (C=O) groups is 1. The van der Waals surface area contributed by atoms with E-state index in [2.05, 4.69) is 22.2 Å². The Balaban J connectivity index is 1.45. The van der Waals surface area contributed by atoms with E-state index in [1.165, 1.54) is 6.07 Å². The lowest BCUT2D eigenvalue weighted by molar-refractivity contribution is 0.0221. The number of likely N-dealkylation sites (tertiary alicyclic amines) is 1. The lowest BCUT2D eigenvalue weighted by Crippen LogP contribution is -2.60. The van der Waals surface area contributed by atoms with Crippen molar-refractivity contribution in [2.75, 3.05) is 25.0 Å². The molecule has 142 valence electrons. The van der Waals surface area contributed by atoms with Crippen LogP contribution in [0.5, 0.6) is 0 Å². The SMILES string of the molecule is CCc1cc(=O)[nH]c(-c2cccc(NC(=O)N3CC4(COC(C)C4)C3)c2)n1. The fraction of sp³-hybridized carbons (Fsp3) is 0.450. The summed E-state index contributed by atoms with van der Waals surface area (Å²) in [5.74, 6) is 0.510. The normalized spacial score (nSPS) is 20.5. The van der Waals surface area contributed by atoms with Crippen molar-refractivity contribution in [3.8, 4) is 11.4 Å². The van der Waals surface area contributed by atoms with Gasteiger partial charge in [-0.3, -0.25) is 4.79 Å². The average Bonchev–Trinajstić information content (AvgIpc) is 3.02. The highest BCUT2D eigenvalue weighted by molar-refractivity contribution is 5.90. The highest BCUT2D eigenvalue weighted by Gasteiger charge is 2.49. The number of carbonyl (C=O) groups excluding carboxylic acids is 1. The van der Waals surface area contributed by atoms with Crippen LogP contribution in [0.25, 0.3) is 11.4 Å². The molecule has 2 N–H and O–H groups in total. The maximum atomic E-state index is 12.5. The Hall–Kier alpha value is -2.67. The van der Waals surface area contributed by atoms with E-state index in [1.54, 1.807) is 0 Å². The molecule has 2 fully saturated rings. The van der Waals surface area contributed by atoms with Crippen molar-refractivity contribution in [3.63, 3.8) is 0 Å². The Morgan fingerprint density at radius 1 is 1.41 bits per heavy atom. The Morgan fingerprint density at radius 3 is 2.93 bits per heavy atom. The number of H-pyrrole nitrogens is 1. The molecule has 0 saturated carbocycles. The van der Waals surface area contributed by atoms with Crippen molar-refractivity contribution in [1.82, 2.24) is 14.9 Å². The molecule has 0 radical (unpaired) electrons. The number of aromatic nitrogens is 2. The number of aromatic amines is 1. The van der Waals surface area contributed by atoms with Gasteiger partial charge in [-0.05, 0) is 31.9 Å². The number of amides is 2. The van der Waals surface area contributed by atoms with Gasteiger partial charge in [0.05, 0.1) is 12.7 Å². The second kappa shape index (κ2) is 6.81. The van der Waals surface area contributed by atoms with E-state index in [1.807, 2.05) is 36.1 Å². The number of urea groups is 1. The zero-order valence-corrected chi connectivity index (χ0v) is 15.6. The third kappa shape index (κ3) is 3.60.